The van der Waals surface area contributed by atoms with E-state index in [1.165, 1.54) is 19.3 Å². The number of nitrogens with two attached hydrogens (primary N) is 1. The highest BCUT2D eigenvalue weighted by Crippen LogP contribution is 2.35. The van der Waals surface area contributed by atoms with E-state index in [0.717, 1.165) is 19.0 Å². The number of alkyl halides is 3. The molecule has 1 fully saturated rings. The first-order valence-electron chi connectivity index (χ1n) is 10.8. The lowest BCUT2D eigenvalue weighted by Gasteiger charge is -2.31. The molecule has 0 unspecified atom stereocenters. The summed E-state index contributed by atoms with van der Waals surface area (Å²) >= 11 is 0. The molecule has 33 heavy (non-hydrogen) atoms. The normalized spacial score (nSPS) is 21.6. The summed E-state index contributed by atoms with van der Waals surface area (Å²) in [7, 11) is 0. The number of nitrogens with zero attached hydrogens (tertiary/aromatic N) is 3. The highest BCUT2D eigenvalue weighted by atomic mass is 19.3. The summed E-state index contributed by atoms with van der Waals surface area (Å²) < 4.78 is 40.5. The van der Waals surface area contributed by atoms with Crippen LogP contribution in [0.5, 0.6) is 0 Å². The van der Waals surface area contributed by atoms with Crippen LogP contribution in [-0.4, -0.2) is 38.5 Å². The molecule has 0 saturated heterocycles. The van der Waals surface area contributed by atoms with E-state index in [1.807, 2.05) is 0 Å². The first-order chi connectivity index (χ1) is 15.5. The van der Waals surface area contributed by atoms with Gasteiger partial charge in [-0.1, -0.05) is 0 Å². The summed E-state index contributed by atoms with van der Waals surface area (Å²) in [6, 6.07) is 1.68. The zero-order valence-corrected chi connectivity index (χ0v) is 19.0. The van der Waals surface area contributed by atoms with Gasteiger partial charge in [-0.25, -0.2) is 9.07 Å². The fourth-order valence-electron chi connectivity index (χ4n) is 4.09. The SMILES string of the molecule is CC(=O)C(=C(C)N)c1cnc(C(=N)c2cnn(C(F)F)c2)c(NCC2CCC(C)(F)CC2)c1. The molecule has 4 N–H and O–H groups in total. The van der Waals surface area contributed by atoms with Crippen LogP contribution in [0.3, 0.4) is 0 Å². The van der Waals surface area contributed by atoms with E-state index >= 15 is 0 Å². The molecular weight excluding hydrogens is 433 g/mol. The number of halogens is 3. The number of hydrogen-bond acceptors (Lipinski definition) is 6. The number of pyridine rings is 1. The molecule has 1 saturated carbocycles. The van der Waals surface area contributed by atoms with Crippen LogP contribution in [0.4, 0.5) is 18.9 Å². The van der Waals surface area contributed by atoms with Crippen molar-refractivity contribution in [2.24, 2.45) is 11.7 Å². The van der Waals surface area contributed by atoms with Crippen LogP contribution in [0.1, 0.15) is 69.8 Å². The second kappa shape index (κ2) is 9.76. The van der Waals surface area contributed by atoms with Crippen LogP contribution in [0, 0.1) is 11.3 Å². The lowest BCUT2D eigenvalue weighted by atomic mass is 9.81. The summed E-state index contributed by atoms with van der Waals surface area (Å²) in [6.45, 7) is 2.35. The minimum absolute atomic E-state index is 0.0891. The predicted octanol–water partition coefficient (Wildman–Crippen LogP) is 4.70. The molecule has 0 radical (unpaired) electrons. The van der Waals surface area contributed by atoms with Gasteiger partial charge in [-0.3, -0.25) is 15.2 Å². The average molecular weight is 463 g/mol. The van der Waals surface area contributed by atoms with Gasteiger partial charge >= 0.3 is 6.55 Å². The van der Waals surface area contributed by atoms with Crippen LogP contribution in [-0.2, 0) is 4.79 Å². The number of carbonyl (C=O) groups excluding carboxylic acids is 1. The molecule has 1 aliphatic carbocycles. The Labute approximate surface area is 190 Å². The fraction of sp³-hybridized carbons (Fsp3) is 0.478. The molecule has 0 aliphatic heterocycles. The van der Waals surface area contributed by atoms with E-state index in [1.54, 1.807) is 19.9 Å². The number of rotatable bonds is 8. The summed E-state index contributed by atoms with van der Waals surface area (Å²) in [4.78, 5) is 16.5. The van der Waals surface area contributed by atoms with Crippen molar-refractivity contribution in [1.82, 2.24) is 14.8 Å². The Morgan fingerprint density at radius 2 is 1.97 bits per heavy atom. The number of hydrogen-bond donors (Lipinski definition) is 3. The molecule has 7 nitrogen and oxygen atoms in total. The molecule has 178 valence electrons. The van der Waals surface area contributed by atoms with Gasteiger partial charge in [-0.15, -0.1) is 0 Å². The molecule has 2 heterocycles. The Balaban J connectivity index is 1.93. The van der Waals surface area contributed by atoms with Crippen LogP contribution in [0.25, 0.3) is 5.57 Å². The quantitative estimate of drug-likeness (QED) is 0.389. The van der Waals surface area contributed by atoms with Gasteiger partial charge in [0.2, 0.25) is 0 Å². The third kappa shape index (κ3) is 5.80. The van der Waals surface area contributed by atoms with Gasteiger partial charge in [0.15, 0.2) is 5.78 Å². The van der Waals surface area contributed by atoms with Crippen LogP contribution >= 0.6 is 0 Å². The van der Waals surface area contributed by atoms with Crippen molar-refractivity contribution in [3.8, 4) is 0 Å². The van der Waals surface area contributed by atoms with E-state index < -0.39 is 12.2 Å². The Bertz CT molecular complexity index is 1060. The maximum atomic E-state index is 14.1. The first-order valence-corrected chi connectivity index (χ1v) is 10.8. The van der Waals surface area contributed by atoms with Gasteiger partial charge in [0.05, 0.1) is 17.6 Å². The summed E-state index contributed by atoms with van der Waals surface area (Å²) in [5, 5.41) is 15.4. The molecule has 3 rings (SSSR count). The number of allylic oxidation sites excluding steroid dienone is 2. The van der Waals surface area contributed by atoms with Gasteiger partial charge < -0.3 is 11.1 Å². The second-order valence-electron chi connectivity index (χ2n) is 8.83. The van der Waals surface area contributed by atoms with Gasteiger partial charge in [0.1, 0.15) is 11.4 Å². The molecule has 10 heteroatoms. The van der Waals surface area contributed by atoms with Crippen molar-refractivity contribution in [3.63, 3.8) is 0 Å². The van der Waals surface area contributed by atoms with Gasteiger partial charge in [-0.05, 0) is 58.4 Å². The average Bonchev–Trinajstić information content (AvgIpc) is 3.23. The van der Waals surface area contributed by atoms with E-state index in [0.29, 0.717) is 46.6 Å². The smallest absolute Gasteiger partial charge is 0.333 e. The standard InChI is InChI=1S/C23H29F3N6O/c1-13(27)19(14(2)33)16-8-18(29-9-15-4-6-23(3,26)7-5-15)21(30-10-16)20(28)17-11-31-32(12-17)22(24)25/h8,10-12,15,22,28-29H,4-7,9,27H2,1-3H3. The van der Waals surface area contributed by atoms with Gasteiger partial charge in [-0.2, -0.15) is 13.9 Å². The molecule has 1 aliphatic rings. The highest BCUT2D eigenvalue weighted by molar-refractivity contribution is 6.20. The second-order valence-corrected chi connectivity index (χ2v) is 8.83. The van der Waals surface area contributed by atoms with Gasteiger partial charge in [0.25, 0.3) is 0 Å². The third-order valence-electron chi connectivity index (χ3n) is 5.98. The van der Waals surface area contributed by atoms with E-state index in [-0.39, 0.29) is 28.7 Å². The summed E-state index contributed by atoms with van der Waals surface area (Å²) in [6.07, 6.45) is 6.12. The highest BCUT2D eigenvalue weighted by Gasteiger charge is 2.30. The number of carbonyl (C=O) groups is 1. The van der Waals surface area contributed by atoms with E-state index in [4.69, 9.17) is 11.1 Å². The molecular formula is C23H29F3N6O. The zero-order chi connectivity index (χ0) is 24.3. The van der Waals surface area contributed by atoms with Crippen molar-refractivity contribution in [1.29, 1.82) is 5.41 Å². The Hall–Kier alpha value is -3.17. The van der Waals surface area contributed by atoms with Gasteiger partial charge in [0, 0.05) is 41.3 Å². The van der Waals surface area contributed by atoms with Crippen LogP contribution < -0.4 is 11.1 Å². The molecule has 0 amide bonds. The molecule has 0 spiro atoms. The number of Topliss-reactive ketones (excluding diaryl/α,β-unsaturated/α-hetero) is 1. The minimum atomic E-state index is -2.82. The summed E-state index contributed by atoms with van der Waals surface area (Å²) in [5.74, 6) is 0.0125. The maximum absolute atomic E-state index is 14.1. The zero-order valence-electron chi connectivity index (χ0n) is 19.0. The van der Waals surface area contributed by atoms with Crippen molar-refractivity contribution in [2.45, 2.75) is 58.7 Å². The maximum Gasteiger partial charge on any atom is 0.333 e. The molecule has 0 aromatic carbocycles. The summed E-state index contributed by atoms with van der Waals surface area (Å²) in [5.41, 5.74) is 6.71. The molecule has 2 aromatic heterocycles. The number of anilines is 1. The Kier molecular flexibility index (Phi) is 7.24. The van der Waals surface area contributed by atoms with Crippen LogP contribution in [0.2, 0.25) is 0 Å². The topological polar surface area (TPSA) is 110 Å². The number of aromatic nitrogens is 3. The van der Waals surface area contributed by atoms with Crippen molar-refractivity contribution in [2.75, 3.05) is 11.9 Å². The monoisotopic (exact) mass is 462 g/mol. The predicted molar refractivity (Wildman–Crippen MR) is 121 cm³/mol. The molecule has 0 bridgehead atoms. The number of nitrogens with one attached hydrogen (secondary N) is 2. The first kappa shape index (κ1) is 24.5. The van der Waals surface area contributed by atoms with Crippen molar-refractivity contribution in [3.05, 3.63) is 47.2 Å². The molecule has 2 aromatic rings. The largest absolute Gasteiger partial charge is 0.402 e. The lowest BCUT2D eigenvalue weighted by Crippen LogP contribution is -2.29. The fourth-order valence-corrected chi connectivity index (χ4v) is 4.09. The third-order valence-corrected chi connectivity index (χ3v) is 5.98. The van der Waals surface area contributed by atoms with Crippen LogP contribution in [0.15, 0.2) is 30.4 Å². The van der Waals surface area contributed by atoms with Crippen molar-refractivity contribution < 1.29 is 18.0 Å². The molecule has 0 atom stereocenters. The Morgan fingerprint density at radius 1 is 1.30 bits per heavy atom. The Morgan fingerprint density at radius 3 is 2.52 bits per heavy atom. The minimum Gasteiger partial charge on any atom is -0.402 e. The lowest BCUT2D eigenvalue weighted by molar-refractivity contribution is -0.111. The number of ketones is 1. The van der Waals surface area contributed by atoms with E-state index in [2.05, 4.69) is 15.4 Å². The van der Waals surface area contributed by atoms with E-state index in [9.17, 15) is 18.0 Å². The van der Waals surface area contributed by atoms with Crippen molar-refractivity contribution >= 4 is 22.8 Å².